The number of anilines is 2. The molecule has 0 aliphatic heterocycles. The lowest BCUT2D eigenvalue weighted by molar-refractivity contribution is 0.639. The van der Waals surface area contributed by atoms with Crippen molar-refractivity contribution in [2.75, 3.05) is 5.32 Å². The van der Waals surface area contributed by atoms with E-state index in [0.29, 0.717) is 22.5 Å². The molecule has 0 fully saturated rings. The number of benzene rings is 3. The quantitative estimate of drug-likeness (QED) is 0.327. The van der Waals surface area contributed by atoms with E-state index in [9.17, 15) is 4.39 Å². The van der Waals surface area contributed by atoms with Crippen LogP contribution in [-0.2, 0) is 0 Å². The van der Waals surface area contributed by atoms with E-state index in [2.05, 4.69) is 41.4 Å². The summed E-state index contributed by atoms with van der Waals surface area (Å²) in [6.07, 6.45) is 1.74. The van der Waals surface area contributed by atoms with Gasteiger partial charge in [0.05, 0.1) is 22.6 Å². The third kappa shape index (κ3) is 3.66. The average molecular weight is 471 g/mol. The second-order valence-corrected chi connectivity index (χ2v) is 7.25. The summed E-state index contributed by atoms with van der Waals surface area (Å²) in [6, 6.07) is 18.3. The van der Waals surface area contributed by atoms with Gasteiger partial charge in [-0.3, -0.25) is 5.10 Å². The molecule has 0 bridgehead atoms. The van der Waals surface area contributed by atoms with Crippen LogP contribution >= 0.6 is 28.3 Å². The molecule has 0 amide bonds. The van der Waals surface area contributed by atoms with E-state index in [0.717, 1.165) is 26.6 Å². The SMILES string of the molecule is Cl.Fc1cccc2nc(-c3cccc(Br)c3)nc(Nc3ccc4[nH]ncc4c3)c12. The van der Waals surface area contributed by atoms with Crippen LogP contribution in [0.4, 0.5) is 15.9 Å². The first-order valence-electron chi connectivity index (χ1n) is 8.60. The van der Waals surface area contributed by atoms with E-state index in [-0.39, 0.29) is 18.2 Å². The first-order valence-corrected chi connectivity index (χ1v) is 9.39. The van der Waals surface area contributed by atoms with Crippen molar-refractivity contribution in [1.82, 2.24) is 20.2 Å². The third-order valence-corrected chi connectivity index (χ3v) is 4.95. The van der Waals surface area contributed by atoms with Crippen LogP contribution in [0.2, 0.25) is 0 Å². The molecule has 5 aromatic rings. The van der Waals surface area contributed by atoms with Crippen LogP contribution in [0.3, 0.4) is 0 Å². The summed E-state index contributed by atoms with van der Waals surface area (Å²) in [4.78, 5) is 9.19. The highest BCUT2D eigenvalue weighted by molar-refractivity contribution is 9.10. The summed E-state index contributed by atoms with van der Waals surface area (Å²) in [6.45, 7) is 0. The van der Waals surface area contributed by atoms with Gasteiger partial charge in [-0.05, 0) is 42.5 Å². The molecule has 2 heterocycles. The molecular weight excluding hydrogens is 457 g/mol. The number of rotatable bonds is 3. The molecule has 2 aromatic heterocycles. The van der Waals surface area contributed by atoms with E-state index < -0.39 is 0 Å². The Hall–Kier alpha value is -3.03. The van der Waals surface area contributed by atoms with Crippen LogP contribution in [0.5, 0.6) is 0 Å². The lowest BCUT2D eigenvalue weighted by Crippen LogP contribution is -2.01. The molecule has 0 spiro atoms. The molecule has 0 aliphatic rings. The van der Waals surface area contributed by atoms with Crippen molar-refractivity contribution in [2.45, 2.75) is 0 Å². The summed E-state index contributed by atoms with van der Waals surface area (Å²) in [5, 5.41) is 11.5. The number of aromatic nitrogens is 4. The second-order valence-electron chi connectivity index (χ2n) is 6.34. The van der Waals surface area contributed by atoms with Crippen molar-refractivity contribution in [3.8, 4) is 11.4 Å². The Morgan fingerprint density at radius 2 is 1.83 bits per heavy atom. The van der Waals surface area contributed by atoms with Crippen molar-refractivity contribution in [1.29, 1.82) is 0 Å². The van der Waals surface area contributed by atoms with Gasteiger partial charge in [0.2, 0.25) is 0 Å². The van der Waals surface area contributed by atoms with E-state index in [1.165, 1.54) is 6.07 Å². The Morgan fingerprint density at radius 3 is 2.69 bits per heavy atom. The molecule has 3 aromatic carbocycles. The highest BCUT2D eigenvalue weighted by Crippen LogP contribution is 2.30. The Morgan fingerprint density at radius 1 is 0.966 bits per heavy atom. The maximum absolute atomic E-state index is 14.6. The van der Waals surface area contributed by atoms with E-state index in [4.69, 9.17) is 0 Å². The summed E-state index contributed by atoms with van der Waals surface area (Å²) < 4.78 is 15.5. The monoisotopic (exact) mass is 469 g/mol. The first-order chi connectivity index (χ1) is 13.7. The standard InChI is InChI=1S/C21H13BrFN5.ClH/c22-14-4-1-3-12(9-14)20-26-18-6-2-5-16(23)19(18)21(27-20)25-15-7-8-17-13(10-15)11-24-28-17;/h1-11H,(H,24,28)(H,25,26,27);1H. The minimum absolute atomic E-state index is 0. The highest BCUT2D eigenvalue weighted by Gasteiger charge is 2.14. The van der Waals surface area contributed by atoms with Crippen LogP contribution in [0.25, 0.3) is 33.2 Å². The normalized spacial score (nSPS) is 10.8. The Balaban J connectivity index is 0.00000205. The number of H-pyrrole nitrogens is 1. The fraction of sp³-hybridized carbons (Fsp3) is 0. The second kappa shape index (κ2) is 7.77. The van der Waals surface area contributed by atoms with Gasteiger partial charge in [-0.1, -0.05) is 34.1 Å². The van der Waals surface area contributed by atoms with Gasteiger partial charge >= 0.3 is 0 Å². The van der Waals surface area contributed by atoms with Gasteiger partial charge in [-0.15, -0.1) is 12.4 Å². The Kier molecular flexibility index (Phi) is 5.17. The first kappa shape index (κ1) is 19.3. The van der Waals surface area contributed by atoms with Gasteiger partial charge in [0.15, 0.2) is 5.82 Å². The lowest BCUT2D eigenvalue weighted by Gasteiger charge is -2.12. The van der Waals surface area contributed by atoms with Crippen molar-refractivity contribution in [3.05, 3.63) is 77.2 Å². The Bertz CT molecular complexity index is 1340. The number of aromatic amines is 1. The highest BCUT2D eigenvalue weighted by atomic mass is 79.9. The fourth-order valence-electron chi connectivity index (χ4n) is 3.15. The predicted molar refractivity (Wildman–Crippen MR) is 119 cm³/mol. The lowest BCUT2D eigenvalue weighted by atomic mass is 10.1. The summed E-state index contributed by atoms with van der Waals surface area (Å²) in [5.41, 5.74) is 3.10. The van der Waals surface area contributed by atoms with Gasteiger partial charge < -0.3 is 5.32 Å². The van der Waals surface area contributed by atoms with Crippen LogP contribution in [-0.4, -0.2) is 20.2 Å². The molecular formula is C21H14BrClFN5. The zero-order valence-electron chi connectivity index (χ0n) is 14.9. The van der Waals surface area contributed by atoms with Crippen LogP contribution < -0.4 is 5.32 Å². The van der Waals surface area contributed by atoms with E-state index in [1.807, 2.05) is 42.5 Å². The molecule has 29 heavy (non-hydrogen) atoms. The maximum Gasteiger partial charge on any atom is 0.162 e. The molecule has 0 radical (unpaired) electrons. The fourth-order valence-corrected chi connectivity index (χ4v) is 3.54. The van der Waals surface area contributed by atoms with Crippen molar-refractivity contribution in [3.63, 3.8) is 0 Å². The molecule has 0 saturated heterocycles. The molecule has 8 heteroatoms. The molecule has 5 nitrogen and oxygen atoms in total. The average Bonchev–Trinajstić information content (AvgIpc) is 3.16. The summed E-state index contributed by atoms with van der Waals surface area (Å²) in [5.74, 6) is 0.567. The smallest absolute Gasteiger partial charge is 0.162 e. The number of nitrogens with zero attached hydrogens (tertiary/aromatic N) is 3. The van der Waals surface area contributed by atoms with Gasteiger partial charge in [-0.25, -0.2) is 14.4 Å². The van der Waals surface area contributed by atoms with Crippen molar-refractivity contribution < 1.29 is 4.39 Å². The zero-order valence-corrected chi connectivity index (χ0v) is 17.3. The van der Waals surface area contributed by atoms with Gasteiger partial charge in [0.25, 0.3) is 0 Å². The van der Waals surface area contributed by atoms with Crippen molar-refractivity contribution in [2.24, 2.45) is 0 Å². The third-order valence-electron chi connectivity index (χ3n) is 4.46. The number of hydrogen-bond donors (Lipinski definition) is 2. The number of hydrogen-bond acceptors (Lipinski definition) is 4. The van der Waals surface area contributed by atoms with E-state index >= 15 is 0 Å². The molecule has 0 aliphatic carbocycles. The summed E-state index contributed by atoms with van der Waals surface area (Å²) >= 11 is 3.47. The molecule has 5 rings (SSSR count). The van der Waals surface area contributed by atoms with Gasteiger partial charge in [0, 0.05) is 21.1 Å². The number of fused-ring (bicyclic) bond motifs is 2. The topological polar surface area (TPSA) is 66.5 Å². The minimum Gasteiger partial charge on any atom is -0.339 e. The molecule has 2 N–H and O–H groups in total. The van der Waals surface area contributed by atoms with Crippen LogP contribution in [0.15, 0.2) is 71.3 Å². The molecule has 0 atom stereocenters. The number of nitrogens with one attached hydrogen (secondary N) is 2. The summed E-state index contributed by atoms with van der Waals surface area (Å²) in [7, 11) is 0. The molecule has 144 valence electrons. The maximum atomic E-state index is 14.6. The van der Waals surface area contributed by atoms with E-state index in [1.54, 1.807) is 18.3 Å². The minimum atomic E-state index is -0.370. The molecule has 0 saturated carbocycles. The van der Waals surface area contributed by atoms with Gasteiger partial charge in [-0.2, -0.15) is 5.10 Å². The number of halogens is 3. The van der Waals surface area contributed by atoms with Crippen LogP contribution in [0.1, 0.15) is 0 Å². The van der Waals surface area contributed by atoms with Crippen LogP contribution in [0, 0.1) is 5.82 Å². The largest absolute Gasteiger partial charge is 0.339 e. The predicted octanol–water partition coefficient (Wildman–Crippen LogP) is 6.24. The van der Waals surface area contributed by atoms with Gasteiger partial charge in [0.1, 0.15) is 11.6 Å². The Labute approximate surface area is 179 Å². The van der Waals surface area contributed by atoms with Crippen molar-refractivity contribution >= 4 is 61.6 Å². The molecule has 0 unspecified atom stereocenters. The zero-order chi connectivity index (χ0) is 19.1.